The molecule has 0 fully saturated rings. The highest BCUT2D eigenvalue weighted by Crippen LogP contribution is 2.14. The van der Waals surface area contributed by atoms with Crippen molar-refractivity contribution in [3.8, 4) is 5.75 Å². The Hall–Kier alpha value is -2.02. The zero-order valence-electron chi connectivity index (χ0n) is 10.1. The minimum Gasteiger partial charge on any atom is -0.497 e. The highest BCUT2D eigenvalue weighted by atomic mass is 79.9. The molecule has 0 N–H and O–H groups in total. The Morgan fingerprint density at radius 1 is 1.26 bits per heavy atom. The van der Waals surface area contributed by atoms with Gasteiger partial charge in [0.2, 0.25) is 5.65 Å². The summed E-state index contributed by atoms with van der Waals surface area (Å²) in [6, 6.07) is 7.79. The molecule has 3 rings (SSSR count). The average molecular weight is 320 g/mol. The number of ether oxygens (including phenoxy) is 1. The predicted octanol–water partition coefficient (Wildman–Crippen LogP) is 2.04. The lowest BCUT2D eigenvalue weighted by molar-refractivity contribution is 0.414. The summed E-state index contributed by atoms with van der Waals surface area (Å²) in [7, 11) is 1.65. The van der Waals surface area contributed by atoms with Gasteiger partial charge in [-0.15, -0.1) is 5.10 Å². The zero-order chi connectivity index (χ0) is 13.2. The maximum atomic E-state index is 5.13. The van der Waals surface area contributed by atoms with Crippen molar-refractivity contribution in [2.45, 2.75) is 6.54 Å². The van der Waals surface area contributed by atoms with Crippen LogP contribution in [-0.4, -0.2) is 32.1 Å². The molecule has 0 unspecified atom stereocenters. The average Bonchev–Trinajstić information content (AvgIpc) is 2.82. The van der Waals surface area contributed by atoms with Crippen molar-refractivity contribution < 1.29 is 4.74 Å². The Bertz CT molecular complexity index is 710. The molecule has 0 aliphatic carbocycles. The molecule has 0 atom stereocenters. The van der Waals surface area contributed by atoms with Crippen LogP contribution in [0, 0.1) is 0 Å². The van der Waals surface area contributed by atoms with Crippen molar-refractivity contribution in [3.63, 3.8) is 0 Å². The molecule has 2 aromatic heterocycles. The van der Waals surface area contributed by atoms with Crippen molar-refractivity contribution >= 4 is 27.2 Å². The fourth-order valence-corrected chi connectivity index (χ4v) is 2.02. The van der Waals surface area contributed by atoms with Crippen LogP contribution >= 0.6 is 15.9 Å². The molecular weight excluding hydrogens is 310 g/mol. The number of aromatic nitrogens is 5. The number of rotatable bonds is 3. The molecule has 0 saturated carbocycles. The van der Waals surface area contributed by atoms with E-state index in [4.69, 9.17) is 4.74 Å². The summed E-state index contributed by atoms with van der Waals surface area (Å²) in [4.78, 5) is 8.48. The van der Waals surface area contributed by atoms with Crippen LogP contribution in [0.1, 0.15) is 5.56 Å². The van der Waals surface area contributed by atoms with Gasteiger partial charge in [0.15, 0.2) is 5.65 Å². The highest BCUT2D eigenvalue weighted by molar-refractivity contribution is 9.10. The lowest BCUT2D eigenvalue weighted by Crippen LogP contribution is -2.03. The monoisotopic (exact) mass is 319 g/mol. The van der Waals surface area contributed by atoms with E-state index >= 15 is 0 Å². The van der Waals surface area contributed by atoms with Crippen LogP contribution in [-0.2, 0) is 6.54 Å². The van der Waals surface area contributed by atoms with Crippen molar-refractivity contribution in [1.29, 1.82) is 0 Å². The Kier molecular flexibility index (Phi) is 3.12. The van der Waals surface area contributed by atoms with Crippen LogP contribution in [0.25, 0.3) is 11.3 Å². The molecule has 2 heterocycles. The van der Waals surface area contributed by atoms with Crippen LogP contribution in [0.15, 0.2) is 35.1 Å². The van der Waals surface area contributed by atoms with Gasteiger partial charge in [0.1, 0.15) is 10.4 Å². The zero-order valence-corrected chi connectivity index (χ0v) is 11.7. The maximum absolute atomic E-state index is 5.13. The minimum absolute atomic E-state index is 0.539. The van der Waals surface area contributed by atoms with Crippen molar-refractivity contribution in [2.24, 2.45) is 0 Å². The number of hydrogen-bond donors (Lipinski definition) is 0. The molecule has 3 aromatic rings. The number of benzene rings is 1. The molecule has 0 spiro atoms. The Morgan fingerprint density at radius 3 is 2.79 bits per heavy atom. The summed E-state index contributed by atoms with van der Waals surface area (Å²) in [5.74, 6) is 0.828. The van der Waals surface area contributed by atoms with Gasteiger partial charge in [0.05, 0.1) is 19.9 Å². The van der Waals surface area contributed by atoms with E-state index in [1.54, 1.807) is 18.0 Å². The quantitative estimate of drug-likeness (QED) is 0.739. The van der Waals surface area contributed by atoms with Crippen LogP contribution in [0.3, 0.4) is 0 Å². The van der Waals surface area contributed by atoms with Crippen LogP contribution in [0.2, 0.25) is 0 Å². The third kappa shape index (κ3) is 2.41. The number of fused-ring (bicyclic) bond motifs is 1. The Balaban J connectivity index is 1.93. The third-order valence-electron chi connectivity index (χ3n) is 2.69. The minimum atomic E-state index is 0.539. The van der Waals surface area contributed by atoms with E-state index in [0.29, 0.717) is 22.4 Å². The van der Waals surface area contributed by atoms with Crippen molar-refractivity contribution in [1.82, 2.24) is 25.0 Å². The van der Waals surface area contributed by atoms with Gasteiger partial charge in [0.25, 0.3) is 0 Å². The fourth-order valence-electron chi connectivity index (χ4n) is 1.74. The van der Waals surface area contributed by atoms with E-state index in [0.717, 1.165) is 11.3 Å². The van der Waals surface area contributed by atoms with Gasteiger partial charge in [0, 0.05) is 0 Å². The second-order valence-electron chi connectivity index (χ2n) is 3.94. The largest absolute Gasteiger partial charge is 0.497 e. The normalized spacial score (nSPS) is 10.8. The molecule has 0 radical (unpaired) electrons. The first-order chi connectivity index (χ1) is 9.26. The molecule has 96 valence electrons. The van der Waals surface area contributed by atoms with E-state index in [9.17, 15) is 0 Å². The molecule has 6 nitrogen and oxygen atoms in total. The van der Waals surface area contributed by atoms with Gasteiger partial charge in [-0.3, -0.25) is 0 Å². The molecule has 19 heavy (non-hydrogen) atoms. The van der Waals surface area contributed by atoms with E-state index in [2.05, 4.69) is 36.2 Å². The van der Waals surface area contributed by atoms with Gasteiger partial charge < -0.3 is 4.74 Å². The molecule has 0 saturated heterocycles. The van der Waals surface area contributed by atoms with Crippen LogP contribution in [0.5, 0.6) is 5.75 Å². The highest BCUT2D eigenvalue weighted by Gasteiger charge is 2.08. The lowest BCUT2D eigenvalue weighted by atomic mass is 10.2. The smallest absolute Gasteiger partial charge is 0.221 e. The third-order valence-corrected chi connectivity index (χ3v) is 3.07. The summed E-state index contributed by atoms with van der Waals surface area (Å²) in [6.45, 7) is 0.589. The molecular formula is C12H10BrN5O. The molecule has 0 bridgehead atoms. The van der Waals surface area contributed by atoms with Gasteiger partial charge >= 0.3 is 0 Å². The molecule has 0 aliphatic rings. The van der Waals surface area contributed by atoms with Gasteiger partial charge in [-0.25, -0.2) is 14.6 Å². The lowest BCUT2D eigenvalue weighted by Gasteiger charge is -2.03. The molecule has 7 heteroatoms. The van der Waals surface area contributed by atoms with Crippen molar-refractivity contribution in [3.05, 3.63) is 40.6 Å². The topological polar surface area (TPSA) is 65.7 Å². The van der Waals surface area contributed by atoms with E-state index in [-0.39, 0.29) is 0 Å². The second kappa shape index (κ2) is 4.93. The predicted molar refractivity (Wildman–Crippen MR) is 72.9 cm³/mol. The van der Waals surface area contributed by atoms with E-state index < -0.39 is 0 Å². The van der Waals surface area contributed by atoms with Crippen LogP contribution in [0.4, 0.5) is 0 Å². The Labute approximate surface area is 117 Å². The Morgan fingerprint density at radius 2 is 2.05 bits per heavy atom. The number of methoxy groups -OCH3 is 1. The first-order valence-corrected chi connectivity index (χ1v) is 6.40. The first-order valence-electron chi connectivity index (χ1n) is 5.61. The van der Waals surface area contributed by atoms with E-state index in [1.165, 1.54) is 0 Å². The summed E-state index contributed by atoms with van der Waals surface area (Å²) < 4.78 is 7.51. The first kappa shape index (κ1) is 12.0. The molecule has 1 aromatic carbocycles. The van der Waals surface area contributed by atoms with Gasteiger partial charge in [-0.2, -0.15) is 0 Å². The molecule has 0 amide bonds. The SMILES string of the molecule is COc1ccc(Cn2nnc3ncc(Br)nc32)cc1. The number of halogens is 1. The van der Waals surface area contributed by atoms with Gasteiger partial charge in [-0.05, 0) is 33.6 Å². The summed E-state index contributed by atoms with van der Waals surface area (Å²) in [5.41, 5.74) is 2.29. The standard InChI is InChI=1S/C12H10BrN5O/c1-19-9-4-2-8(3-5-9)7-18-12-11(16-17-18)14-6-10(13)15-12/h2-6H,7H2,1H3. The summed E-state index contributed by atoms with van der Waals surface area (Å²) >= 11 is 3.30. The number of nitrogens with zero attached hydrogens (tertiary/aromatic N) is 5. The number of hydrogen-bond acceptors (Lipinski definition) is 5. The second-order valence-corrected chi connectivity index (χ2v) is 4.75. The van der Waals surface area contributed by atoms with Gasteiger partial charge in [-0.1, -0.05) is 17.3 Å². The maximum Gasteiger partial charge on any atom is 0.221 e. The van der Waals surface area contributed by atoms with Crippen LogP contribution < -0.4 is 4.74 Å². The molecule has 0 aliphatic heterocycles. The summed E-state index contributed by atoms with van der Waals surface area (Å²) in [6.07, 6.45) is 1.61. The summed E-state index contributed by atoms with van der Waals surface area (Å²) in [5, 5.41) is 8.05. The van der Waals surface area contributed by atoms with E-state index in [1.807, 2.05) is 24.3 Å². The fraction of sp³-hybridized carbons (Fsp3) is 0.167. The van der Waals surface area contributed by atoms with Crippen molar-refractivity contribution in [2.75, 3.05) is 7.11 Å².